The third-order valence-corrected chi connectivity index (χ3v) is 3.10. The van der Waals surface area contributed by atoms with Gasteiger partial charge >= 0.3 is 0 Å². The molecular formula is C10H12OS. The first-order valence-electron chi connectivity index (χ1n) is 3.80. The van der Waals surface area contributed by atoms with E-state index in [4.69, 9.17) is 0 Å². The average molecular weight is 180 g/mol. The highest BCUT2D eigenvalue weighted by molar-refractivity contribution is 7.85. The number of hydrogen-bond acceptors (Lipinski definition) is 1. The molecule has 2 heteroatoms. The second-order valence-electron chi connectivity index (χ2n) is 2.57. The van der Waals surface area contributed by atoms with Gasteiger partial charge in [0.25, 0.3) is 0 Å². The molecule has 1 aromatic carbocycles. The Labute approximate surface area is 75.6 Å². The van der Waals surface area contributed by atoms with Crippen LogP contribution in [0.15, 0.2) is 41.8 Å². The van der Waals surface area contributed by atoms with Gasteiger partial charge in [-0.25, -0.2) is 0 Å². The molecule has 0 aliphatic heterocycles. The first kappa shape index (κ1) is 9.20. The fourth-order valence-corrected chi connectivity index (χ4v) is 2.06. The fourth-order valence-electron chi connectivity index (χ4n) is 1.01. The van der Waals surface area contributed by atoms with Crippen molar-refractivity contribution >= 4 is 10.8 Å². The average Bonchev–Trinajstić information content (AvgIpc) is 2.05. The number of benzene rings is 1. The van der Waals surface area contributed by atoms with Crippen molar-refractivity contribution in [3.05, 3.63) is 42.5 Å². The molecule has 0 saturated heterocycles. The normalized spacial score (nSPS) is 12.4. The highest BCUT2D eigenvalue weighted by Crippen LogP contribution is 2.11. The van der Waals surface area contributed by atoms with Crippen molar-refractivity contribution in [3.63, 3.8) is 0 Å². The molecule has 12 heavy (non-hydrogen) atoms. The lowest BCUT2D eigenvalue weighted by Gasteiger charge is -2.01. The maximum atomic E-state index is 11.5. The van der Waals surface area contributed by atoms with Gasteiger partial charge in [-0.05, 0) is 18.6 Å². The summed E-state index contributed by atoms with van der Waals surface area (Å²) in [5, 5.41) is 0. The minimum atomic E-state index is -0.913. The standard InChI is InChI=1S/C10H12OS/c1-3-8-12(11)10-7-5-4-6-9(10)2/h3-7H,1,8H2,2H3. The zero-order valence-electron chi connectivity index (χ0n) is 7.12. The summed E-state index contributed by atoms with van der Waals surface area (Å²) in [5.74, 6) is 0.533. The van der Waals surface area contributed by atoms with E-state index >= 15 is 0 Å². The number of rotatable bonds is 3. The van der Waals surface area contributed by atoms with Gasteiger partial charge in [0.15, 0.2) is 0 Å². The molecule has 0 radical (unpaired) electrons. The smallest absolute Gasteiger partial charge is 0.0570 e. The number of aryl methyl sites for hydroxylation is 1. The first-order chi connectivity index (χ1) is 5.75. The van der Waals surface area contributed by atoms with E-state index in [-0.39, 0.29) is 0 Å². The lowest BCUT2D eigenvalue weighted by atomic mass is 10.2. The van der Waals surface area contributed by atoms with Gasteiger partial charge in [-0.15, -0.1) is 6.58 Å². The Bertz CT molecular complexity index is 304. The maximum Gasteiger partial charge on any atom is 0.0570 e. The Hall–Kier alpha value is -0.890. The summed E-state index contributed by atoms with van der Waals surface area (Å²) in [4.78, 5) is 0.914. The fraction of sp³-hybridized carbons (Fsp3) is 0.200. The van der Waals surface area contributed by atoms with Crippen molar-refractivity contribution in [2.75, 3.05) is 5.75 Å². The predicted octanol–water partition coefficient (Wildman–Crippen LogP) is 2.29. The zero-order chi connectivity index (χ0) is 8.97. The molecule has 0 N–H and O–H groups in total. The predicted molar refractivity (Wildman–Crippen MR) is 52.7 cm³/mol. The van der Waals surface area contributed by atoms with Gasteiger partial charge in [-0.1, -0.05) is 24.3 Å². The van der Waals surface area contributed by atoms with E-state index in [2.05, 4.69) is 6.58 Å². The summed E-state index contributed by atoms with van der Waals surface area (Å²) in [6, 6.07) is 7.72. The molecule has 1 aromatic rings. The van der Waals surface area contributed by atoms with E-state index in [1.807, 2.05) is 31.2 Å². The van der Waals surface area contributed by atoms with Crippen LogP contribution in [0.2, 0.25) is 0 Å². The molecule has 0 heterocycles. The van der Waals surface area contributed by atoms with Gasteiger partial charge in [0.2, 0.25) is 0 Å². The summed E-state index contributed by atoms with van der Waals surface area (Å²) >= 11 is 0. The Morgan fingerprint density at radius 1 is 1.50 bits per heavy atom. The van der Waals surface area contributed by atoms with Crippen molar-refractivity contribution in [2.45, 2.75) is 11.8 Å². The molecule has 1 atom stereocenters. The lowest BCUT2D eigenvalue weighted by Crippen LogP contribution is -1.96. The monoisotopic (exact) mass is 180 g/mol. The molecule has 0 spiro atoms. The topological polar surface area (TPSA) is 17.1 Å². The van der Waals surface area contributed by atoms with E-state index in [1.54, 1.807) is 6.08 Å². The van der Waals surface area contributed by atoms with Crippen LogP contribution in [-0.4, -0.2) is 9.96 Å². The van der Waals surface area contributed by atoms with Crippen LogP contribution in [0.4, 0.5) is 0 Å². The SMILES string of the molecule is C=CCS(=O)c1ccccc1C. The van der Waals surface area contributed by atoms with Crippen molar-refractivity contribution in [3.8, 4) is 0 Å². The summed E-state index contributed by atoms with van der Waals surface area (Å²) in [6.45, 7) is 5.53. The summed E-state index contributed by atoms with van der Waals surface area (Å²) in [6.07, 6.45) is 1.68. The molecule has 0 aliphatic carbocycles. The van der Waals surface area contributed by atoms with Crippen molar-refractivity contribution in [1.82, 2.24) is 0 Å². The molecule has 1 nitrogen and oxygen atoms in total. The Morgan fingerprint density at radius 3 is 2.75 bits per heavy atom. The Kier molecular flexibility index (Phi) is 3.23. The van der Waals surface area contributed by atoms with Crippen LogP contribution in [0.25, 0.3) is 0 Å². The van der Waals surface area contributed by atoms with E-state index in [0.29, 0.717) is 5.75 Å². The van der Waals surface area contributed by atoms with Gasteiger partial charge in [0.1, 0.15) is 0 Å². The van der Waals surface area contributed by atoms with Gasteiger partial charge in [-0.2, -0.15) is 0 Å². The second kappa shape index (κ2) is 4.21. The van der Waals surface area contributed by atoms with Crippen LogP contribution < -0.4 is 0 Å². The van der Waals surface area contributed by atoms with Crippen LogP contribution in [0, 0.1) is 6.92 Å². The molecule has 64 valence electrons. The Balaban J connectivity index is 2.94. The minimum Gasteiger partial charge on any atom is -0.254 e. The number of hydrogen-bond donors (Lipinski definition) is 0. The van der Waals surface area contributed by atoms with E-state index in [9.17, 15) is 4.21 Å². The summed E-state index contributed by atoms with van der Waals surface area (Å²) in [5.41, 5.74) is 1.08. The molecule has 1 unspecified atom stereocenters. The molecule has 0 fully saturated rings. The maximum absolute atomic E-state index is 11.5. The Morgan fingerprint density at radius 2 is 2.17 bits per heavy atom. The van der Waals surface area contributed by atoms with Crippen LogP contribution in [0.5, 0.6) is 0 Å². The minimum absolute atomic E-state index is 0.533. The quantitative estimate of drug-likeness (QED) is 0.652. The van der Waals surface area contributed by atoms with Crippen molar-refractivity contribution < 1.29 is 4.21 Å². The first-order valence-corrected chi connectivity index (χ1v) is 5.12. The van der Waals surface area contributed by atoms with E-state index < -0.39 is 10.8 Å². The van der Waals surface area contributed by atoms with E-state index in [0.717, 1.165) is 10.5 Å². The third kappa shape index (κ3) is 2.05. The van der Waals surface area contributed by atoms with E-state index in [1.165, 1.54) is 0 Å². The van der Waals surface area contributed by atoms with Crippen LogP contribution in [-0.2, 0) is 10.8 Å². The van der Waals surface area contributed by atoms with Crippen molar-refractivity contribution in [1.29, 1.82) is 0 Å². The van der Waals surface area contributed by atoms with Gasteiger partial charge in [0, 0.05) is 10.6 Å². The van der Waals surface area contributed by atoms with Crippen molar-refractivity contribution in [2.24, 2.45) is 0 Å². The van der Waals surface area contributed by atoms with Crippen LogP contribution in [0.1, 0.15) is 5.56 Å². The highest BCUT2D eigenvalue weighted by Gasteiger charge is 2.02. The molecular weight excluding hydrogens is 168 g/mol. The van der Waals surface area contributed by atoms with Crippen LogP contribution in [0.3, 0.4) is 0 Å². The van der Waals surface area contributed by atoms with Gasteiger partial charge in [-0.3, -0.25) is 4.21 Å². The lowest BCUT2D eigenvalue weighted by molar-refractivity contribution is 0.684. The molecule has 0 bridgehead atoms. The highest BCUT2D eigenvalue weighted by atomic mass is 32.2. The molecule has 1 rings (SSSR count). The third-order valence-electron chi connectivity index (χ3n) is 1.61. The summed E-state index contributed by atoms with van der Waals surface area (Å²) in [7, 11) is -0.913. The molecule has 0 aliphatic rings. The largest absolute Gasteiger partial charge is 0.254 e. The zero-order valence-corrected chi connectivity index (χ0v) is 7.93. The van der Waals surface area contributed by atoms with Crippen LogP contribution >= 0.6 is 0 Å². The summed E-state index contributed by atoms with van der Waals surface area (Å²) < 4.78 is 11.5. The molecule has 0 aromatic heterocycles. The molecule has 0 amide bonds. The molecule has 0 saturated carbocycles. The van der Waals surface area contributed by atoms with Gasteiger partial charge in [0.05, 0.1) is 10.8 Å². The second-order valence-corrected chi connectivity index (χ2v) is 4.03. The van der Waals surface area contributed by atoms with Gasteiger partial charge < -0.3 is 0 Å².